The quantitative estimate of drug-likeness (QED) is 0.682. The second-order valence-electron chi connectivity index (χ2n) is 9.68. The summed E-state index contributed by atoms with van der Waals surface area (Å²) in [6, 6.07) is 8.96. The number of Topliss-reactive ketones (excluding diaryl/α,β-unsaturated/α-hetero) is 1. The average Bonchev–Trinajstić information content (AvgIpc) is 2.65. The van der Waals surface area contributed by atoms with E-state index in [9.17, 15) is 14.4 Å². The molecule has 1 atom stereocenters. The van der Waals surface area contributed by atoms with Crippen molar-refractivity contribution in [3.63, 3.8) is 0 Å². The molecule has 0 radical (unpaired) electrons. The van der Waals surface area contributed by atoms with E-state index in [-0.39, 0.29) is 23.8 Å². The van der Waals surface area contributed by atoms with Crippen LogP contribution in [0.1, 0.15) is 57.4 Å². The highest BCUT2D eigenvalue weighted by molar-refractivity contribution is 5.88. The van der Waals surface area contributed by atoms with Crippen LogP contribution in [0.5, 0.6) is 0 Å². The Kier molecular flexibility index (Phi) is 5.75. The fourth-order valence-electron chi connectivity index (χ4n) is 6.39. The van der Waals surface area contributed by atoms with Crippen LogP contribution in [0.4, 0.5) is 0 Å². The summed E-state index contributed by atoms with van der Waals surface area (Å²) in [7, 11) is 0. The Labute approximate surface area is 172 Å². The molecule has 0 aromatic heterocycles. The summed E-state index contributed by atoms with van der Waals surface area (Å²) in [5.74, 6) is 1.55. The molecule has 5 nitrogen and oxygen atoms in total. The minimum atomic E-state index is -0.605. The van der Waals surface area contributed by atoms with Crippen LogP contribution in [-0.4, -0.2) is 30.3 Å². The van der Waals surface area contributed by atoms with Crippen molar-refractivity contribution in [1.82, 2.24) is 5.32 Å². The molecule has 4 bridgehead atoms. The lowest BCUT2D eigenvalue weighted by Crippen LogP contribution is -2.47. The summed E-state index contributed by atoms with van der Waals surface area (Å²) in [6.45, 7) is 1.15. The number of amides is 1. The topological polar surface area (TPSA) is 72.5 Å². The normalized spacial score (nSPS) is 30.6. The Bertz CT molecular complexity index is 737. The predicted octanol–water partition coefficient (Wildman–Crippen LogP) is 3.45. The summed E-state index contributed by atoms with van der Waals surface area (Å²) in [6.07, 6.45) is 8.31. The smallest absolute Gasteiger partial charge is 0.306 e. The first-order chi connectivity index (χ1) is 13.9. The molecule has 1 aromatic carbocycles. The fourth-order valence-corrected chi connectivity index (χ4v) is 6.39. The first-order valence-electron chi connectivity index (χ1n) is 10.9. The Morgan fingerprint density at radius 1 is 1.03 bits per heavy atom. The third-order valence-corrected chi connectivity index (χ3v) is 7.16. The molecule has 0 spiro atoms. The van der Waals surface area contributed by atoms with Crippen LogP contribution in [0.3, 0.4) is 0 Å². The summed E-state index contributed by atoms with van der Waals surface area (Å²) < 4.78 is 5.31. The first kappa shape index (κ1) is 20.1. The Morgan fingerprint density at radius 3 is 2.17 bits per heavy atom. The van der Waals surface area contributed by atoms with E-state index < -0.39 is 11.9 Å². The van der Waals surface area contributed by atoms with Gasteiger partial charge in [0.2, 0.25) is 0 Å². The lowest BCUT2D eigenvalue weighted by atomic mass is 9.49. The van der Waals surface area contributed by atoms with Gasteiger partial charge in [0.05, 0.1) is 12.5 Å². The maximum Gasteiger partial charge on any atom is 0.306 e. The molecule has 1 aromatic rings. The highest BCUT2D eigenvalue weighted by Crippen LogP contribution is 2.61. The highest BCUT2D eigenvalue weighted by atomic mass is 16.5. The van der Waals surface area contributed by atoms with Crippen molar-refractivity contribution in [1.29, 1.82) is 0 Å². The van der Waals surface area contributed by atoms with Gasteiger partial charge in [0.15, 0.2) is 12.4 Å². The average molecular weight is 398 g/mol. The van der Waals surface area contributed by atoms with Gasteiger partial charge in [-0.05, 0) is 80.6 Å². The van der Waals surface area contributed by atoms with Crippen LogP contribution in [0, 0.1) is 23.2 Å². The lowest BCUT2D eigenvalue weighted by molar-refractivity contribution is -0.155. The molecule has 29 heavy (non-hydrogen) atoms. The number of nitrogens with one attached hydrogen (secondary N) is 1. The zero-order chi connectivity index (χ0) is 20.4. The molecule has 0 unspecified atom stereocenters. The molecule has 156 valence electrons. The van der Waals surface area contributed by atoms with E-state index in [1.165, 1.54) is 26.2 Å². The van der Waals surface area contributed by atoms with Gasteiger partial charge in [-0.2, -0.15) is 0 Å². The van der Waals surface area contributed by atoms with Gasteiger partial charge in [-0.3, -0.25) is 14.4 Å². The van der Waals surface area contributed by atoms with Gasteiger partial charge in [0.1, 0.15) is 0 Å². The largest absolute Gasteiger partial charge is 0.456 e. The van der Waals surface area contributed by atoms with Crippen molar-refractivity contribution >= 4 is 17.7 Å². The maximum absolute atomic E-state index is 12.5. The van der Waals surface area contributed by atoms with E-state index in [1.807, 2.05) is 30.3 Å². The van der Waals surface area contributed by atoms with E-state index in [2.05, 4.69) is 5.32 Å². The van der Waals surface area contributed by atoms with Crippen molar-refractivity contribution in [2.24, 2.45) is 23.2 Å². The second-order valence-corrected chi connectivity index (χ2v) is 9.68. The number of benzene rings is 1. The summed E-state index contributed by atoms with van der Waals surface area (Å²) >= 11 is 0. The fraction of sp³-hybridized carbons (Fsp3) is 0.625. The lowest BCUT2D eigenvalue weighted by Gasteiger charge is -2.56. The number of carbonyl (C=O) groups is 3. The molecule has 1 N–H and O–H groups in total. The number of esters is 1. The number of hydrogen-bond donors (Lipinski definition) is 1. The molecule has 5 heteroatoms. The van der Waals surface area contributed by atoms with Crippen LogP contribution in [0.2, 0.25) is 0 Å². The van der Waals surface area contributed by atoms with E-state index in [4.69, 9.17) is 4.74 Å². The molecule has 0 saturated heterocycles. The first-order valence-corrected chi connectivity index (χ1v) is 10.9. The van der Waals surface area contributed by atoms with E-state index >= 15 is 0 Å². The maximum atomic E-state index is 12.5. The number of carbonyl (C=O) groups excluding carboxylic acids is 3. The van der Waals surface area contributed by atoms with Crippen molar-refractivity contribution in [3.05, 3.63) is 35.9 Å². The van der Waals surface area contributed by atoms with Gasteiger partial charge in [0.25, 0.3) is 5.91 Å². The SMILES string of the molecule is CC(=O)[C@H](Cc1ccccc1)NC(=O)COC(=O)CC12CC3CC(CC(C3)C1)C2. The zero-order valence-corrected chi connectivity index (χ0v) is 17.2. The minimum Gasteiger partial charge on any atom is -0.456 e. The second kappa shape index (κ2) is 8.29. The van der Waals surface area contributed by atoms with Crippen LogP contribution < -0.4 is 5.32 Å². The molecule has 4 aliphatic rings. The number of hydrogen-bond acceptors (Lipinski definition) is 4. The van der Waals surface area contributed by atoms with Crippen molar-refractivity contribution in [2.45, 2.75) is 64.3 Å². The molecule has 5 rings (SSSR count). The van der Waals surface area contributed by atoms with Crippen molar-refractivity contribution < 1.29 is 19.1 Å². The molecule has 4 fully saturated rings. The molecule has 4 aliphatic carbocycles. The van der Waals surface area contributed by atoms with Crippen molar-refractivity contribution in [3.8, 4) is 0 Å². The summed E-state index contributed by atoms with van der Waals surface area (Å²) in [5.41, 5.74) is 1.09. The van der Waals surface area contributed by atoms with Gasteiger partial charge in [-0.1, -0.05) is 30.3 Å². The molecule has 1 amide bonds. The number of ether oxygens (including phenoxy) is 1. The van der Waals surface area contributed by atoms with E-state index in [0.717, 1.165) is 42.6 Å². The molecule has 0 aliphatic heterocycles. The molecule has 4 saturated carbocycles. The Balaban J connectivity index is 1.25. The van der Waals surface area contributed by atoms with Crippen molar-refractivity contribution in [2.75, 3.05) is 6.61 Å². The van der Waals surface area contributed by atoms with Gasteiger partial charge < -0.3 is 10.1 Å². The van der Waals surface area contributed by atoms with Gasteiger partial charge in [-0.15, -0.1) is 0 Å². The zero-order valence-electron chi connectivity index (χ0n) is 17.2. The number of rotatable bonds is 8. The summed E-state index contributed by atoms with van der Waals surface area (Å²) in [4.78, 5) is 36.7. The standard InChI is InChI=1S/C24H31NO4/c1-16(26)21(10-17-5-3-2-4-6-17)25-22(27)15-29-23(28)14-24-11-18-7-19(12-24)9-20(8-18)13-24/h2-6,18-21H,7-15H2,1H3,(H,25,27)/t18?,19?,20?,21-,24?/m0/s1. The van der Waals surface area contributed by atoms with Crippen LogP contribution >= 0.6 is 0 Å². The summed E-state index contributed by atoms with van der Waals surface area (Å²) in [5, 5.41) is 2.71. The Hall–Kier alpha value is -2.17. The molecular formula is C24H31NO4. The van der Waals surface area contributed by atoms with Crippen LogP contribution in [0.15, 0.2) is 30.3 Å². The number of ketones is 1. The van der Waals surface area contributed by atoms with Crippen LogP contribution in [-0.2, 0) is 25.5 Å². The predicted molar refractivity (Wildman–Crippen MR) is 109 cm³/mol. The Morgan fingerprint density at radius 2 is 1.62 bits per heavy atom. The third-order valence-electron chi connectivity index (χ3n) is 7.16. The van der Waals surface area contributed by atoms with Gasteiger partial charge in [-0.25, -0.2) is 0 Å². The molecule has 0 heterocycles. The highest BCUT2D eigenvalue weighted by Gasteiger charge is 2.51. The van der Waals surface area contributed by atoms with Crippen LogP contribution in [0.25, 0.3) is 0 Å². The van der Waals surface area contributed by atoms with E-state index in [1.54, 1.807) is 0 Å². The van der Waals surface area contributed by atoms with Gasteiger partial charge in [0, 0.05) is 0 Å². The third kappa shape index (κ3) is 4.88. The van der Waals surface area contributed by atoms with Gasteiger partial charge >= 0.3 is 5.97 Å². The monoisotopic (exact) mass is 397 g/mol. The van der Waals surface area contributed by atoms with E-state index in [0.29, 0.717) is 12.8 Å². The molecular weight excluding hydrogens is 366 g/mol. The minimum absolute atomic E-state index is 0.109.